The first-order valence-corrected chi connectivity index (χ1v) is 7.84. The summed E-state index contributed by atoms with van der Waals surface area (Å²) < 4.78 is 24.1. The van der Waals surface area contributed by atoms with Crippen LogP contribution in [0.15, 0.2) is 59.5 Å². The van der Waals surface area contributed by atoms with E-state index < -0.39 is 21.5 Å². The number of sulfone groups is 1. The first-order valence-electron chi connectivity index (χ1n) is 5.80. The first kappa shape index (κ1) is 14.6. The molecule has 0 aromatic heterocycles. The van der Waals surface area contributed by atoms with Crippen LogP contribution in [0.3, 0.4) is 0 Å². The second-order valence-corrected chi connectivity index (χ2v) is 6.55. The number of carbonyl (C=O) groups is 1. The molecular formula is C14H12ClNO3S. The number of carbonyl (C=O) groups excluding carboxylic acids is 1. The van der Waals surface area contributed by atoms with Crippen molar-refractivity contribution in [2.24, 2.45) is 0 Å². The number of benzene rings is 2. The molecule has 2 aromatic rings. The van der Waals surface area contributed by atoms with Crippen molar-refractivity contribution in [1.29, 1.82) is 0 Å². The lowest BCUT2D eigenvalue weighted by Gasteiger charge is -2.06. The van der Waals surface area contributed by atoms with Gasteiger partial charge < -0.3 is 5.32 Å². The molecule has 0 fully saturated rings. The van der Waals surface area contributed by atoms with Crippen LogP contribution in [0.5, 0.6) is 0 Å². The van der Waals surface area contributed by atoms with E-state index in [2.05, 4.69) is 5.32 Å². The number of amides is 1. The van der Waals surface area contributed by atoms with Gasteiger partial charge in [-0.1, -0.05) is 29.8 Å². The molecular weight excluding hydrogens is 298 g/mol. The number of hydrogen-bond acceptors (Lipinski definition) is 3. The molecule has 2 rings (SSSR count). The maximum absolute atomic E-state index is 12.0. The minimum absolute atomic E-state index is 0.0742. The Hall–Kier alpha value is -1.85. The highest BCUT2D eigenvalue weighted by Gasteiger charge is 2.19. The van der Waals surface area contributed by atoms with Crippen LogP contribution in [0, 0.1) is 0 Å². The van der Waals surface area contributed by atoms with E-state index >= 15 is 0 Å². The van der Waals surface area contributed by atoms with Crippen molar-refractivity contribution in [3.8, 4) is 0 Å². The number of anilines is 1. The van der Waals surface area contributed by atoms with Crippen molar-refractivity contribution in [3.63, 3.8) is 0 Å². The van der Waals surface area contributed by atoms with Gasteiger partial charge in [-0.15, -0.1) is 0 Å². The molecule has 0 bridgehead atoms. The van der Waals surface area contributed by atoms with E-state index in [0.717, 1.165) is 0 Å². The van der Waals surface area contributed by atoms with Gasteiger partial charge in [0.25, 0.3) is 0 Å². The molecule has 0 radical (unpaired) electrons. The Morgan fingerprint density at radius 3 is 2.20 bits per heavy atom. The highest BCUT2D eigenvalue weighted by atomic mass is 35.5. The molecule has 1 N–H and O–H groups in total. The van der Waals surface area contributed by atoms with Crippen molar-refractivity contribution in [1.82, 2.24) is 0 Å². The molecule has 0 aliphatic heterocycles. The van der Waals surface area contributed by atoms with E-state index in [9.17, 15) is 13.2 Å². The molecule has 0 aliphatic carbocycles. The molecule has 104 valence electrons. The van der Waals surface area contributed by atoms with E-state index in [1.165, 1.54) is 24.3 Å². The zero-order valence-electron chi connectivity index (χ0n) is 10.4. The van der Waals surface area contributed by atoms with Crippen LogP contribution < -0.4 is 5.32 Å². The van der Waals surface area contributed by atoms with E-state index in [1.54, 1.807) is 30.3 Å². The fraction of sp³-hybridized carbons (Fsp3) is 0.0714. The summed E-state index contributed by atoms with van der Waals surface area (Å²) in [5.41, 5.74) is 0.559. The summed E-state index contributed by atoms with van der Waals surface area (Å²) in [5.74, 6) is -1.19. The van der Waals surface area contributed by atoms with Crippen molar-refractivity contribution < 1.29 is 13.2 Å². The van der Waals surface area contributed by atoms with Crippen LogP contribution in [-0.2, 0) is 14.6 Å². The van der Waals surface area contributed by atoms with Gasteiger partial charge in [-0.25, -0.2) is 8.42 Å². The Bertz CT molecular complexity index is 697. The molecule has 4 nitrogen and oxygen atoms in total. The predicted octanol–water partition coefficient (Wildman–Crippen LogP) is 2.75. The Morgan fingerprint density at radius 1 is 1.00 bits per heavy atom. The molecule has 0 aliphatic rings. The van der Waals surface area contributed by atoms with Gasteiger partial charge in [-0.3, -0.25) is 4.79 Å². The van der Waals surface area contributed by atoms with Crippen LogP contribution >= 0.6 is 11.6 Å². The van der Waals surface area contributed by atoms with Crippen LogP contribution in [-0.4, -0.2) is 20.1 Å². The van der Waals surface area contributed by atoms with E-state index in [1.807, 2.05) is 0 Å². The summed E-state index contributed by atoms with van der Waals surface area (Å²) in [6, 6.07) is 14.4. The van der Waals surface area contributed by atoms with Gasteiger partial charge in [-0.05, 0) is 36.4 Å². The zero-order valence-corrected chi connectivity index (χ0v) is 12.0. The maximum Gasteiger partial charge on any atom is 0.239 e. The van der Waals surface area contributed by atoms with Crippen LogP contribution in [0.4, 0.5) is 5.69 Å². The average molecular weight is 310 g/mol. The number of rotatable bonds is 4. The highest BCUT2D eigenvalue weighted by molar-refractivity contribution is 7.92. The summed E-state index contributed by atoms with van der Waals surface area (Å²) in [4.78, 5) is 11.8. The lowest BCUT2D eigenvalue weighted by atomic mass is 10.3. The average Bonchev–Trinajstić information content (AvgIpc) is 2.39. The van der Waals surface area contributed by atoms with Gasteiger partial charge in [0.05, 0.1) is 4.90 Å². The third kappa shape index (κ3) is 3.82. The summed E-state index contributed by atoms with van der Waals surface area (Å²) in [7, 11) is -3.67. The van der Waals surface area contributed by atoms with Crippen molar-refractivity contribution in [2.45, 2.75) is 4.90 Å². The SMILES string of the molecule is O=C(CS(=O)(=O)c1ccc(Cl)cc1)Nc1ccccc1. The molecule has 0 atom stereocenters. The van der Waals surface area contributed by atoms with E-state index in [4.69, 9.17) is 11.6 Å². The van der Waals surface area contributed by atoms with Crippen LogP contribution in [0.2, 0.25) is 5.02 Å². The topological polar surface area (TPSA) is 63.2 Å². The Balaban J connectivity index is 2.08. The molecule has 0 spiro atoms. The molecule has 0 saturated carbocycles. The predicted molar refractivity (Wildman–Crippen MR) is 78.6 cm³/mol. The third-order valence-electron chi connectivity index (χ3n) is 2.55. The molecule has 0 saturated heterocycles. The highest BCUT2D eigenvalue weighted by Crippen LogP contribution is 2.16. The van der Waals surface area contributed by atoms with Gasteiger partial charge in [0.2, 0.25) is 5.91 Å². The normalized spacial score (nSPS) is 11.1. The van der Waals surface area contributed by atoms with Gasteiger partial charge in [0.15, 0.2) is 9.84 Å². The number of hydrogen-bond donors (Lipinski definition) is 1. The van der Waals surface area contributed by atoms with Crippen molar-refractivity contribution >= 4 is 33.0 Å². The monoisotopic (exact) mass is 309 g/mol. The van der Waals surface area contributed by atoms with Crippen LogP contribution in [0.25, 0.3) is 0 Å². The summed E-state index contributed by atoms with van der Waals surface area (Å²) in [6.07, 6.45) is 0. The zero-order chi connectivity index (χ0) is 14.6. The van der Waals surface area contributed by atoms with Gasteiger partial charge in [0, 0.05) is 10.7 Å². The van der Waals surface area contributed by atoms with Gasteiger partial charge >= 0.3 is 0 Å². The smallest absolute Gasteiger partial charge is 0.239 e. The van der Waals surface area contributed by atoms with Crippen LogP contribution in [0.1, 0.15) is 0 Å². The standard InChI is InChI=1S/C14H12ClNO3S/c15-11-6-8-13(9-7-11)20(18,19)10-14(17)16-12-4-2-1-3-5-12/h1-9H,10H2,(H,16,17). The number of para-hydroxylation sites is 1. The number of nitrogens with one attached hydrogen (secondary N) is 1. The quantitative estimate of drug-likeness (QED) is 0.944. The minimum atomic E-state index is -3.67. The Kier molecular flexibility index (Phi) is 4.42. The molecule has 2 aromatic carbocycles. The second-order valence-electron chi connectivity index (χ2n) is 4.13. The summed E-state index contributed by atoms with van der Waals surface area (Å²) in [6.45, 7) is 0. The third-order valence-corrected chi connectivity index (χ3v) is 4.44. The van der Waals surface area contributed by atoms with E-state index in [-0.39, 0.29) is 4.90 Å². The molecule has 20 heavy (non-hydrogen) atoms. The Morgan fingerprint density at radius 2 is 1.60 bits per heavy atom. The maximum atomic E-state index is 12.0. The van der Waals surface area contributed by atoms with Crippen molar-refractivity contribution in [2.75, 3.05) is 11.1 Å². The molecule has 1 amide bonds. The summed E-state index contributed by atoms with van der Waals surface area (Å²) >= 11 is 5.70. The van der Waals surface area contributed by atoms with E-state index in [0.29, 0.717) is 10.7 Å². The fourth-order valence-corrected chi connectivity index (χ4v) is 2.88. The second kappa shape index (κ2) is 6.07. The lowest BCUT2D eigenvalue weighted by Crippen LogP contribution is -2.22. The van der Waals surface area contributed by atoms with Gasteiger partial charge in [-0.2, -0.15) is 0 Å². The molecule has 0 unspecified atom stereocenters. The minimum Gasteiger partial charge on any atom is -0.325 e. The van der Waals surface area contributed by atoms with Crippen molar-refractivity contribution in [3.05, 3.63) is 59.6 Å². The van der Waals surface area contributed by atoms with Gasteiger partial charge in [0.1, 0.15) is 5.75 Å². The Labute approximate surface area is 122 Å². The lowest BCUT2D eigenvalue weighted by molar-refractivity contribution is -0.113. The molecule has 0 heterocycles. The number of halogens is 1. The summed E-state index contributed by atoms with van der Waals surface area (Å²) in [5, 5.41) is 2.98. The molecule has 6 heteroatoms. The largest absolute Gasteiger partial charge is 0.325 e. The fourth-order valence-electron chi connectivity index (χ4n) is 1.62. The first-order chi connectivity index (χ1) is 9.47.